The molecule has 0 unspecified atom stereocenters. The molecule has 0 saturated carbocycles. The van der Waals surface area contributed by atoms with E-state index in [1.54, 1.807) is 0 Å². The number of amides is 1. The summed E-state index contributed by atoms with van der Waals surface area (Å²) in [5.41, 5.74) is 6.91. The third-order valence-electron chi connectivity index (χ3n) is 3.15. The van der Waals surface area contributed by atoms with Crippen LogP contribution in [0.25, 0.3) is 10.8 Å². The van der Waals surface area contributed by atoms with E-state index < -0.39 is 0 Å². The Morgan fingerprint density at radius 1 is 1.19 bits per heavy atom. The van der Waals surface area contributed by atoms with Gasteiger partial charge >= 0.3 is 0 Å². The molecule has 21 heavy (non-hydrogen) atoms. The lowest BCUT2D eigenvalue weighted by atomic mass is 10.0. The highest BCUT2D eigenvalue weighted by molar-refractivity contribution is 6.03. The highest BCUT2D eigenvalue weighted by atomic mass is 16.5. The molecule has 0 aliphatic rings. The summed E-state index contributed by atoms with van der Waals surface area (Å²) >= 11 is 0. The van der Waals surface area contributed by atoms with Crippen molar-refractivity contribution in [2.75, 3.05) is 32.1 Å². The Morgan fingerprint density at radius 2 is 1.90 bits per heavy atom. The second-order valence-electron chi connectivity index (χ2n) is 4.73. The van der Waals surface area contributed by atoms with E-state index in [2.05, 4.69) is 5.32 Å². The minimum atomic E-state index is -0.180. The third-order valence-corrected chi connectivity index (χ3v) is 3.15. The lowest BCUT2D eigenvalue weighted by Crippen LogP contribution is -2.26. The molecule has 0 spiro atoms. The van der Waals surface area contributed by atoms with Gasteiger partial charge < -0.3 is 20.9 Å². The van der Waals surface area contributed by atoms with Gasteiger partial charge in [-0.05, 0) is 29.3 Å². The number of carbonyl (C=O) groups is 1. The number of anilines is 1. The first kappa shape index (κ1) is 15.3. The molecule has 0 bridgehead atoms. The first-order valence-corrected chi connectivity index (χ1v) is 6.97. The smallest absolute Gasteiger partial charge is 0.253 e. The van der Waals surface area contributed by atoms with Gasteiger partial charge in [0.05, 0.1) is 18.8 Å². The number of nitrogens with one attached hydrogen (secondary N) is 1. The van der Waals surface area contributed by atoms with Crippen molar-refractivity contribution in [1.82, 2.24) is 5.32 Å². The molecule has 0 aliphatic heterocycles. The molecule has 5 heteroatoms. The van der Waals surface area contributed by atoms with E-state index in [9.17, 15) is 4.79 Å². The molecular formula is C16H20N2O3. The number of rotatable bonds is 7. The largest absolute Gasteiger partial charge is 0.398 e. The second kappa shape index (κ2) is 7.61. The first-order valence-electron chi connectivity index (χ1n) is 6.97. The van der Waals surface area contributed by atoms with E-state index in [1.165, 1.54) is 0 Å². The standard InChI is InChI=1S/C16H20N2O3/c17-15-11-13-5-2-1-4-12(13)10-14(15)16(20)18-6-3-8-21-9-7-19/h1-2,4-5,10-11,19H,3,6-9,17H2,(H,18,20). The SMILES string of the molecule is Nc1cc2ccccc2cc1C(=O)NCCCOCCO. The van der Waals surface area contributed by atoms with Crippen LogP contribution in [0.3, 0.4) is 0 Å². The molecule has 5 nitrogen and oxygen atoms in total. The maximum Gasteiger partial charge on any atom is 0.253 e. The summed E-state index contributed by atoms with van der Waals surface area (Å²) in [5.74, 6) is -0.180. The van der Waals surface area contributed by atoms with Gasteiger partial charge in [-0.15, -0.1) is 0 Å². The molecule has 1 amide bonds. The van der Waals surface area contributed by atoms with Crippen molar-refractivity contribution in [3.8, 4) is 0 Å². The van der Waals surface area contributed by atoms with Crippen LogP contribution < -0.4 is 11.1 Å². The van der Waals surface area contributed by atoms with Gasteiger partial charge in [-0.2, -0.15) is 0 Å². The van der Waals surface area contributed by atoms with Gasteiger partial charge in [0.25, 0.3) is 5.91 Å². The Morgan fingerprint density at radius 3 is 2.62 bits per heavy atom. The number of nitrogen functional groups attached to an aromatic ring is 1. The Balaban J connectivity index is 1.94. The van der Waals surface area contributed by atoms with Gasteiger partial charge in [0.2, 0.25) is 0 Å². The van der Waals surface area contributed by atoms with E-state index in [0.29, 0.717) is 37.4 Å². The summed E-state index contributed by atoms with van der Waals surface area (Å²) in [6.45, 7) is 1.36. The Kier molecular flexibility index (Phi) is 5.54. The number of nitrogens with two attached hydrogens (primary N) is 1. The van der Waals surface area contributed by atoms with Crippen LogP contribution in [0, 0.1) is 0 Å². The molecule has 2 aromatic rings. The molecule has 0 saturated heterocycles. The average molecular weight is 288 g/mol. The zero-order valence-electron chi connectivity index (χ0n) is 11.8. The fraction of sp³-hybridized carbons (Fsp3) is 0.312. The maximum absolute atomic E-state index is 12.1. The van der Waals surface area contributed by atoms with Crippen molar-refractivity contribution in [3.63, 3.8) is 0 Å². The lowest BCUT2D eigenvalue weighted by Gasteiger charge is -2.09. The average Bonchev–Trinajstić information content (AvgIpc) is 2.49. The minimum absolute atomic E-state index is 0.0139. The van der Waals surface area contributed by atoms with Crippen LogP contribution in [0.4, 0.5) is 5.69 Å². The summed E-state index contributed by atoms with van der Waals surface area (Å²) in [7, 11) is 0. The van der Waals surface area contributed by atoms with Crippen molar-refractivity contribution in [3.05, 3.63) is 42.0 Å². The quantitative estimate of drug-likeness (QED) is 0.533. The molecule has 2 rings (SSSR count). The Bertz CT molecular complexity index is 613. The summed E-state index contributed by atoms with van der Waals surface area (Å²) in [6, 6.07) is 11.4. The van der Waals surface area contributed by atoms with Gasteiger partial charge in [0, 0.05) is 18.8 Å². The van der Waals surface area contributed by atoms with Gasteiger partial charge in [0.1, 0.15) is 0 Å². The predicted octanol–water partition coefficient (Wildman–Crippen LogP) is 1.55. The van der Waals surface area contributed by atoms with E-state index in [1.807, 2.05) is 36.4 Å². The molecule has 0 aromatic heterocycles. The molecule has 0 fully saturated rings. The Labute approximate surface area is 123 Å². The topological polar surface area (TPSA) is 84.6 Å². The van der Waals surface area contributed by atoms with Crippen LogP contribution in [0.5, 0.6) is 0 Å². The van der Waals surface area contributed by atoms with Gasteiger partial charge in [-0.1, -0.05) is 24.3 Å². The number of aliphatic hydroxyl groups excluding tert-OH is 1. The molecule has 0 heterocycles. The molecule has 112 valence electrons. The fourth-order valence-corrected chi connectivity index (χ4v) is 2.09. The highest BCUT2D eigenvalue weighted by Gasteiger charge is 2.10. The van der Waals surface area contributed by atoms with Crippen LogP contribution in [0.2, 0.25) is 0 Å². The lowest BCUT2D eigenvalue weighted by molar-refractivity contribution is 0.0868. The molecule has 2 aromatic carbocycles. The Hall–Kier alpha value is -2.11. The number of fused-ring (bicyclic) bond motifs is 1. The first-order chi connectivity index (χ1) is 10.2. The third kappa shape index (κ3) is 4.18. The summed E-state index contributed by atoms with van der Waals surface area (Å²) in [4.78, 5) is 12.1. The van der Waals surface area contributed by atoms with Crippen molar-refractivity contribution in [1.29, 1.82) is 0 Å². The normalized spacial score (nSPS) is 10.7. The maximum atomic E-state index is 12.1. The van der Waals surface area contributed by atoms with Crippen LogP contribution in [0.1, 0.15) is 16.8 Å². The summed E-state index contributed by atoms with van der Waals surface area (Å²) in [5, 5.41) is 13.4. The predicted molar refractivity (Wildman–Crippen MR) is 83.2 cm³/mol. The number of hydrogen-bond donors (Lipinski definition) is 3. The van der Waals surface area contributed by atoms with Crippen LogP contribution in [0.15, 0.2) is 36.4 Å². The molecule has 4 N–H and O–H groups in total. The van der Waals surface area contributed by atoms with Crippen molar-refractivity contribution < 1.29 is 14.6 Å². The van der Waals surface area contributed by atoms with E-state index in [-0.39, 0.29) is 12.5 Å². The number of ether oxygens (including phenoxy) is 1. The van der Waals surface area contributed by atoms with Crippen molar-refractivity contribution in [2.45, 2.75) is 6.42 Å². The summed E-state index contributed by atoms with van der Waals surface area (Å²) < 4.78 is 5.13. The molecule has 0 atom stereocenters. The molecule has 0 radical (unpaired) electrons. The number of aliphatic hydroxyl groups is 1. The number of hydrogen-bond acceptors (Lipinski definition) is 4. The van der Waals surface area contributed by atoms with Crippen molar-refractivity contribution in [2.24, 2.45) is 0 Å². The van der Waals surface area contributed by atoms with Crippen molar-refractivity contribution >= 4 is 22.4 Å². The van der Waals surface area contributed by atoms with Crippen LogP contribution in [-0.2, 0) is 4.74 Å². The number of carbonyl (C=O) groups excluding carboxylic acids is 1. The zero-order valence-corrected chi connectivity index (χ0v) is 11.8. The van der Waals surface area contributed by atoms with Gasteiger partial charge in [-0.25, -0.2) is 0 Å². The summed E-state index contributed by atoms with van der Waals surface area (Å²) in [6.07, 6.45) is 0.694. The van der Waals surface area contributed by atoms with Crippen LogP contribution in [-0.4, -0.2) is 37.4 Å². The minimum Gasteiger partial charge on any atom is -0.398 e. The van der Waals surface area contributed by atoms with Crippen LogP contribution >= 0.6 is 0 Å². The van der Waals surface area contributed by atoms with Gasteiger partial charge in [-0.3, -0.25) is 4.79 Å². The molecule has 0 aliphatic carbocycles. The van der Waals surface area contributed by atoms with E-state index in [4.69, 9.17) is 15.6 Å². The van der Waals surface area contributed by atoms with Gasteiger partial charge in [0.15, 0.2) is 0 Å². The number of benzene rings is 2. The second-order valence-corrected chi connectivity index (χ2v) is 4.73. The van der Waals surface area contributed by atoms with E-state index >= 15 is 0 Å². The monoisotopic (exact) mass is 288 g/mol. The fourth-order valence-electron chi connectivity index (χ4n) is 2.09. The molecular weight excluding hydrogens is 268 g/mol. The van der Waals surface area contributed by atoms with E-state index in [0.717, 1.165) is 10.8 Å². The zero-order chi connectivity index (χ0) is 15.1. The highest BCUT2D eigenvalue weighted by Crippen LogP contribution is 2.21.